The standard InChI is InChI=1S/C26H22F3N5O4/c1-13-6-14(2)15(3)22(7-13)38-19-9-17(8-18(10-19)34(36)37)31-25(35)20-12-30-33-23(26(27,28)29)11-21(16-4-5-16)32-24(20)33/h6-12,16H,4-5H2,1-3H3,(H,31,35). The SMILES string of the molecule is Cc1cc(C)c(C)c(Oc2cc(NC(=O)c3cnn4c(C(F)(F)F)cc(C5CC5)nc34)cc([N+](=O)[O-])c2)c1. The lowest BCUT2D eigenvalue weighted by atomic mass is 10.1. The Morgan fingerprint density at radius 3 is 2.53 bits per heavy atom. The van der Waals surface area contributed by atoms with E-state index < -0.39 is 22.7 Å². The number of aromatic nitrogens is 3. The number of fused-ring (bicyclic) bond motifs is 1. The number of rotatable bonds is 6. The fourth-order valence-electron chi connectivity index (χ4n) is 4.18. The molecule has 4 aromatic rings. The fourth-order valence-corrected chi connectivity index (χ4v) is 4.18. The van der Waals surface area contributed by atoms with Crippen molar-refractivity contribution in [3.63, 3.8) is 0 Å². The monoisotopic (exact) mass is 525 g/mol. The van der Waals surface area contributed by atoms with Gasteiger partial charge in [-0.2, -0.15) is 18.3 Å². The number of benzene rings is 2. The molecular formula is C26H22F3N5O4. The zero-order chi connectivity index (χ0) is 27.4. The maximum atomic E-state index is 13.7. The van der Waals surface area contributed by atoms with Gasteiger partial charge in [-0.3, -0.25) is 14.9 Å². The molecule has 9 nitrogen and oxygen atoms in total. The van der Waals surface area contributed by atoms with E-state index in [9.17, 15) is 28.1 Å². The van der Waals surface area contributed by atoms with Gasteiger partial charge in [0.2, 0.25) is 0 Å². The first kappa shape index (κ1) is 25.2. The van der Waals surface area contributed by atoms with E-state index in [2.05, 4.69) is 15.4 Å². The van der Waals surface area contributed by atoms with Crippen LogP contribution in [0.2, 0.25) is 0 Å². The average Bonchev–Trinajstić information content (AvgIpc) is 3.59. The van der Waals surface area contributed by atoms with Crippen molar-refractivity contribution in [1.29, 1.82) is 0 Å². The van der Waals surface area contributed by atoms with Crippen molar-refractivity contribution in [1.82, 2.24) is 14.6 Å². The zero-order valence-electron chi connectivity index (χ0n) is 20.6. The Balaban J connectivity index is 1.51. The van der Waals surface area contributed by atoms with Gasteiger partial charge in [-0.15, -0.1) is 0 Å². The molecule has 2 aromatic carbocycles. The van der Waals surface area contributed by atoms with Crippen molar-refractivity contribution in [3.8, 4) is 11.5 Å². The Morgan fingerprint density at radius 1 is 1.13 bits per heavy atom. The first-order valence-corrected chi connectivity index (χ1v) is 11.7. The number of carbonyl (C=O) groups excluding carboxylic acids is 1. The van der Waals surface area contributed by atoms with Gasteiger partial charge in [0.05, 0.1) is 22.9 Å². The summed E-state index contributed by atoms with van der Waals surface area (Å²) in [6.45, 7) is 5.66. The molecule has 1 fully saturated rings. The molecule has 0 atom stereocenters. The van der Waals surface area contributed by atoms with Crippen LogP contribution in [0.3, 0.4) is 0 Å². The average molecular weight is 525 g/mol. The summed E-state index contributed by atoms with van der Waals surface area (Å²) in [5.74, 6) is -0.310. The van der Waals surface area contributed by atoms with Crippen molar-refractivity contribution < 1.29 is 27.6 Å². The number of hydrogen-bond acceptors (Lipinski definition) is 6. The highest BCUT2D eigenvalue weighted by molar-refractivity contribution is 6.08. The van der Waals surface area contributed by atoms with E-state index in [1.54, 1.807) is 6.07 Å². The van der Waals surface area contributed by atoms with Gasteiger partial charge in [0, 0.05) is 23.7 Å². The molecule has 5 rings (SSSR count). The summed E-state index contributed by atoms with van der Waals surface area (Å²) in [5, 5.41) is 17.8. The van der Waals surface area contributed by atoms with Crippen LogP contribution in [0, 0.1) is 30.9 Å². The van der Waals surface area contributed by atoms with Crippen LogP contribution in [-0.4, -0.2) is 25.4 Å². The molecule has 2 heterocycles. The molecule has 1 aliphatic carbocycles. The highest BCUT2D eigenvalue weighted by atomic mass is 19.4. The van der Waals surface area contributed by atoms with Crippen LogP contribution in [0.5, 0.6) is 11.5 Å². The number of nitrogens with zero attached hydrogens (tertiary/aromatic N) is 4. The summed E-state index contributed by atoms with van der Waals surface area (Å²) in [6, 6.07) is 8.48. The number of nitrogens with one attached hydrogen (secondary N) is 1. The lowest BCUT2D eigenvalue weighted by molar-refractivity contribution is -0.384. The van der Waals surface area contributed by atoms with Crippen molar-refractivity contribution in [2.75, 3.05) is 5.32 Å². The van der Waals surface area contributed by atoms with E-state index in [-0.39, 0.29) is 39.9 Å². The van der Waals surface area contributed by atoms with Crippen molar-refractivity contribution >= 4 is 22.9 Å². The van der Waals surface area contributed by atoms with Crippen LogP contribution in [0.25, 0.3) is 5.65 Å². The van der Waals surface area contributed by atoms with Crippen LogP contribution in [0.15, 0.2) is 42.6 Å². The van der Waals surface area contributed by atoms with Gasteiger partial charge in [0.15, 0.2) is 5.65 Å². The number of nitro groups is 1. The third-order valence-electron chi connectivity index (χ3n) is 6.37. The highest BCUT2D eigenvalue weighted by Crippen LogP contribution is 2.41. The molecule has 1 N–H and O–H groups in total. The highest BCUT2D eigenvalue weighted by Gasteiger charge is 2.38. The van der Waals surface area contributed by atoms with E-state index >= 15 is 0 Å². The Morgan fingerprint density at radius 2 is 1.87 bits per heavy atom. The smallest absolute Gasteiger partial charge is 0.433 e. The first-order valence-electron chi connectivity index (χ1n) is 11.7. The molecule has 0 bridgehead atoms. The van der Waals surface area contributed by atoms with Crippen LogP contribution < -0.4 is 10.1 Å². The van der Waals surface area contributed by atoms with Gasteiger partial charge < -0.3 is 10.1 Å². The lowest BCUT2D eigenvalue weighted by Crippen LogP contribution is -2.16. The van der Waals surface area contributed by atoms with Gasteiger partial charge >= 0.3 is 6.18 Å². The molecule has 38 heavy (non-hydrogen) atoms. The number of nitro benzene ring substituents is 1. The van der Waals surface area contributed by atoms with Gasteiger partial charge in [-0.25, -0.2) is 9.50 Å². The Kier molecular flexibility index (Phi) is 6.04. The number of ether oxygens (including phenoxy) is 1. The van der Waals surface area contributed by atoms with Gasteiger partial charge in [-0.05, 0) is 62.4 Å². The summed E-state index contributed by atoms with van der Waals surface area (Å²) < 4.78 is 47.6. The third-order valence-corrected chi connectivity index (χ3v) is 6.37. The van der Waals surface area contributed by atoms with E-state index in [1.165, 1.54) is 12.1 Å². The number of carbonyl (C=O) groups is 1. The predicted octanol–water partition coefficient (Wildman–Crippen LogP) is 6.50. The Labute approximate surface area is 214 Å². The molecular weight excluding hydrogens is 503 g/mol. The maximum Gasteiger partial charge on any atom is 0.433 e. The molecule has 1 saturated carbocycles. The summed E-state index contributed by atoms with van der Waals surface area (Å²) in [6.07, 6.45) is -2.28. The summed E-state index contributed by atoms with van der Waals surface area (Å²) in [4.78, 5) is 28.4. The predicted molar refractivity (Wildman–Crippen MR) is 132 cm³/mol. The molecule has 1 amide bonds. The number of halogens is 3. The third kappa shape index (κ3) is 4.89. The van der Waals surface area contributed by atoms with Crippen molar-refractivity contribution in [2.45, 2.75) is 45.7 Å². The summed E-state index contributed by atoms with van der Waals surface area (Å²) in [7, 11) is 0. The van der Waals surface area contributed by atoms with Gasteiger partial charge in [-0.1, -0.05) is 6.07 Å². The molecule has 0 saturated heterocycles. The molecule has 0 radical (unpaired) electrons. The minimum atomic E-state index is -4.71. The number of non-ortho nitro benzene ring substituents is 1. The van der Waals surface area contributed by atoms with Crippen LogP contribution in [-0.2, 0) is 6.18 Å². The molecule has 0 aliphatic heterocycles. The fraction of sp³-hybridized carbons (Fsp3) is 0.269. The number of alkyl halides is 3. The van der Waals surface area contributed by atoms with E-state index in [0.29, 0.717) is 23.1 Å². The largest absolute Gasteiger partial charge is 0.457 e. The van der Waals surface area contributed by atoms with Crippen molar-refractivity contribution in [2.24, 2.45) is 0 Å². The topological polar surface area (TPSA) is 112 Å². The lowest BCUT2D eigenvalue weighted by Gasteiger charge is -2.13. The maximum absolute atomic E-state index is 13.7. The number of aryl methyl sites for hydroxylation is 2. The van der Waals surface area contributed by atoms with Crippen LogP contribution in [0.1, 0.15) is 57.2 Å². The van der Waals surface area contributed by atoms with E-state index in [0.717, 1.165) is 35.0 Å². The first-order chi connectivity index (χ1) is 17.9. The van der Waals surface area contributed by atoms with Crippen molar-refractivity contribution in [3.05, 3.63) is 86.4 Å². The second kappa shape index (κ2) is 9.12. The van der Waals surface area contributed by atoms with E-state index in [4.69, 9.17) is 4.74 Å². The quantitative estimate of drug-likeness (QED) is 0.227. The van der Waals surface area contributed by atoms with Crippen LogP contribution >= 0.6 is 0 Å². The van der Waals surface area contributed by atoms with E-state index in [1.807, 2.05) is 26.8 Å². The Hall–Kier alpha value is -4.48. The van der Waals surface area contributed by atoms with Gasteiger partial charge in [0.25, 0.3) is 11.6 Å². The zero-order valence-corrected chi connectivity index (χ0v) is 20.6. The normalized spacial score (nSPS) is 13.5. The summed E-state index contributed by atoms with van der Waals surface area (Å²) in [5.41, 5.74) is 1.21. The molecule has 0 unspecified atom stereocenters. The second-order valence-corrected chi connectivity index (χ2v) is 9.37. The molecule has 0 spiro atoms. The number of amides is 1. The number of hydrogen-bond donors (Lipinski definition) is 1. The Bertz CT molecular complexity index is 1610. The second-order valence-electron chi connectivity index (χ2n) is 9.37. The molecule has 196 valence electrons. The minimum Gasteiger partial charge on any atom is -0.457 e. The molecule has 12 heteroatoms. The van der Waals surface area contributed by atoms with Crippen LogP contribution in [0.4, 0.5) is 24.5 Å². The minimum absolute atomic E-state index is 0.0231. The van der Waals surface area contributed by atoms with Gasteiger partial charge in [0.1, 0.15) is 22.8 Å². The number of anilines is 1. The summed E-state index contributed by atoms with van der Waals surface area (Å²) >= 11 is 0. The molecule has 2 aromatic heterocycles. The molecule has 1 aliphatic rings.